The van der Waals surface area contributed by atoms with Crippen LogP contribution in [0.2, 0.25) is 10.0 Å². The number of carbonyl (C=O) groups excluding carboxylic acids is 1. The van der Waals surface area contributed by atoms with Crippen LogP contribution in [-0.2, 0) is 4.79 Å². The molecule has 0 bridgehead atoms. The molecule has 1 fully saturated rings. The van der Waals surface area contributed by atoms with Crippen molar-refractivity contribution in [2.45, 2.75) is 12.2 Å². The summed E-state index contributed by atoms with van der Waals surface area (Å²) >= 11 is 13.0. The zero-order chi connectivity index (χ0) is 11.7. The van der Waals surface area contributed by atoms with Crippen LogP contribution in [0.1, 0.15) is 6.92 Å². The number of halogens is 2. The standard InChI is InChI=1S/C10H8Cl2N2OS/c1-5-9(15)14-10(16-5)13-6-2-3-7(11)8(12)4-6/h2-5H,1H3,(H,13,14,15). The molecule has 1 N–H and O–H groups in total. The van der Waals surface area contributed by atoms with Crippen LogP contribution in [0.15, 0.2) is 23.2 Å². The molecule has 1 unspecified atom stereocenters. The first-order chi connectivity index (χ1) is 7.56. The summed E-state index contributed by atoms with van der Waals surface area (Å²) in [4.78, 5) is 15.5. The number of nitrogens with zero attached hydrogens (tertiary/aromatic N) is 1. The van der Waals surface area contributed by atoms with Crippen molar-refractivity contribution in [3.8, 4) is 0 Å². The summed E-state index contributed by atoms with van der Waals surface area (Å²) in [6.45, 7) is 1.83. The lowest BCUT2D eigenvalue weighted by atomic mass is 10.3. The number of aliphatic imine (C=N–C) groups is 1. The number of hydrogen-bond acceptors (Lipinski definition) is 3. The molecule has 84 valence electrons. The van der Waals surface area contributed by atoms with Gasteiger partial charge in [-0.05, 0) is 25.1 Å². The van der Waals surface area contributed by atoms with E-state index in [2.05, 4.69) is 10.3 Å². The Hall–Kier alpha value is -0.710. The van der Waals surface area contributed by atoms with Crippen LogP contribution in [0.25, 0.3) is 0 Å². The van der Waals surface area contributed by atoms with Gasteiger partial charge in [-0.2, -0.15) is 0 Å². The first-order valence-electron chi connectivity index (χ1n) is 4.57. The van der Waals surface area contributed by atoms with E-state index in [-0.39, 0.29) is 11.2 Å². The number of amidine groups is 1. The van der Waals surface area contributed by atoms with Crippen molar-refractivity contribution < 1.29 is 4.79 Å². The first-order valence-corrected chi connectivity index (χ1v) is 6.21. The van der Waals surface area contributed by atoms with Gasteiger partial charge in [-0.15, -0.1) is 0 Å². The number of thioether (sulfide) groups is 1. The highest BCUT2D eigenvalue weighted by Crippen LogP contribution is 2.28. The van der Waals surface area contributed by atoms with E-state index in [1.807, 2.05) is 6.92 Å². The number of hydrogen-bond donors (Lipinski definition) is 1. The average molecular weight is 275 g/mol. The fourth-order valence-corrected chi connectivity index (χ4v) is 2.29. The second kappa shape index (κ2) is 4.65. The van der Waals surface area contributed by atoms with Gasteiger partial charge in [0.25, 0.3) is 0 Å². The largest absolute Gasteiger partial charge is 0.304 e. The minimum atomic E-state index is -0.0958. The van der Waals surface area contributed by atoms with E-state index in [4.69, 9.17) is 23.2 Å². The van der Waals surface area contributed by atoms with Crippen molar-refractivity contribution in [1.82, 2.24) is 5.32 Å². The molecule has 2 rings (SSSR count). The maximum Gasteiger partial charge on any atom is 0.239 e. The lowest BCUT2D eigenvalue weighted by molar-refractivity contribution is -0.118. The van der Waals surface area contributed by atoms with Gasteiger partial charge in [0.05, 0.1) is 21.0 Å². The Morgan fingerprint density at radius 2 is 2.12 bits per heavy atom. The Kier molecular flexibility index (Phi) is 3.42. The number of nitrogens with one attached hydrogen (secondary N) is 1. The van der Waals surface area contributed by atoms with Gasteiger partial charge in [0.2, 0.25) is 5.91 Å². The molecule has 1 atom stereocenters. The minimum Gasteiger partial charge on any atom is -0.304 e. The molecular weight excluding hydrogens is 267 g/mol. The van der Waals surface area contributed by atoms with Crippen molar-refractivity contribution >= 4 is 51.7 Å². The molecule has 1 saturated heterocycles. The van der Waals surface area contributed by atoms with Crippen molar-refractivity contribution in [3.63, 3.8) is 0 Å². The molecule has 1 aromatic rings. The molecule has 0 aliphatic carbocycles. The quantitative estimate of drug-likeness (QED) is 0.854. The Bertz CT molecular complexity index is 476. The Morgan fingerprint density at radius 1 is 1.38 bits per heavy atom. The fraction of sp³-hybridized carbons (Fsp3) is 0.200. The maximum atomic E-state index is 11.2. The third-order valence-electron chi connectivity index (χ3n) is 2.02. The zero-order valence-electron chi connectivity index (χ0n) is 8.33. The fourth-order valence-electron chi connectivity index (χ4n) is 1.18. The zero-order valence-corrected chi connectivity index (χ0v) is 10.7. The van der Waals surface area contributed by atoms with E-state index < -0.39 is 0 Å². The average Bonchev–Trinajstić information content (AvgIpc) is 2.52. The van der Waals surface area contributed by atoms with Gasteiger partial charge in [0, 0.05) is 0 Å². The van der Waals surface area contributed by atoms with Crippen molar-refractivity contribution in [1.29, 1.82) is 0 Å². The second-order valence-electron chi connectivity index (χ2n) is 3.26. The molecule has 0 aromatic heterocycles. The van der Waals surface area contributed by atoms with Gasteiger partial charge in [-0.1, -0.05) is 35.0 Å². The molecule has 1 aliphatic rings. The molecule has 16 heavy (non-hydrogen) atoms. The summed E-state index contributed by atoms with van der Waals surface area (Å²) in [5.41, 5.74) is 0.673. The van der Waals surface area contributed by atoms with Gasteiger partial charge in [0.15, 0.2) is 5.17 Å². The molecular formula is C10H8Cl2N2OS. The Morgan fingerprint density at radius 3 is 2.69 bits per heavy atom. The maximum absolute atomic E-state index is 11.2. The van der Waals surface area contributed by atoms with Crippen LogP contribution in [0.4, 0.5) is 5.69 Å². The third kappa shape index (κ3) is 2.51. The Balaban J connectivity index is 2.24. The van der Waals surface area contributed by atoms with E-state index >= 15 is 0 Å². The summed E-state index contributed by atoms with van der Waals surface area (Å²) in [7, 11) is 0. The van der Waals surface area contributed by atoms with E-state index in [0.717, 1.165) is 0 Å². The molecule has 0 spiro atoms. The van der Waals surface area contributed by atoms with Gasteiger partial charge >= 0.3 is 0 Å². The molecule has 1 aromatic carbocycles. The molecule has 6 heteroatoms. The molecule has 0 saturated carbocycles. The van der Waals surface area contributed by atoms with Crippen LogP contribution in [0, 0.1) is 0 Å². The van der Waals surface area contributed by atoms with Crippen molar-refractivity contribution in [3.05, 3.63) is 28.2 Å². The van der Waals surface area contributed by atoms with Crippen LogP contribution in [0.3, 0.4) is 0 Å². The normalized spacial score (nSPS) is 22.6. The lowest BCUT2D eigenvalue weighted by Crippen LogP contribution is -2.23. The van der Waals surface area contributed by atoms with Gasteiger partial charge in [-0.25, -0.2) is 4.99 Å². The highest BCUT2D eigenvalue weighted by molar-refractivity contribution is 8.15. The smallest absolute Gasteiger partial charge is 0.239 e. The Labute approximate surface area is 107 Å². The molecule has 1 heterocycles. The van der Waals surface area contributed by atoms with E-state index in [9.17, 15) is 4.79 Å². The predicted octanol–water partition coefficient (Wildman–Crippen LogP) is 3.23. The molecule has 0 radical (unpaired) electrons. The van der Waals surface area contributed by atoms with Gasteiger partial charge in [0.1, 0.15) is 0 Å². The monoisotopic (exact) mass is 274 g/mol. The molecule has 3 nitrogen and oxygen atoms in total. The van der Waals surface area contributed by atoms with E-state index in [1.165, 1.54) is 11.8 Å². The summed E-state index contributed by atoms with van der Waals surface area (Å²) in [5, 5.41) is 4.12. The van der Waals surface area contributed by atoms with Crippen LogP contribution in [-0.4, -0.2) is 16.3 Å². The van der Waals surface area contributed by atoms with Crippen LogP contribution in [0.5, 0.6) is 0 Å². The van der Waals surface area contributed by atoms with E-state index in [1.54, 1.807) is 18.2 Å². The summed E-state index contributed by atoms with van der Waals surface area (Å²) in [6.07, 6.45) is 0. The molecule has 1 aliphatic heterocycles. The van der Waals surface area contributed by atoms with E-state index in [0.29, 0.717) is 20.9 Å². The summed E-state index contributed by atoms with van der Waals surface area (Å²) in [5.74, 6) is -0.0242. The first kappa shape index (κ1) is 11.8. The van der Waals surface area contributed by atoms with Crippen LogP contribution < -0.4 is 5.32 Å². The van der Waals surface area contributed by atoms with Gasteiger partial charge < -0.3 is 5.32 Å². The minimum absolute atomic E-state index is 0.0242. The SMILES string of the molecule is CC1SC(=Nc2ccc(Cl)c(Cl)c2)NC1=O. The number of benzene rings is 1. The summed E-state index contributed by atoms with van der Waals surface area (Å²) < 4.78 is 0. The topological polar surface area (TPSA) is 41.5 Å². The summed E-state index contributed by atoms with van der Waals surface area (Å²) in [6, 6.07) is 5.08. The molecule has 1 amide bonds. The highest BCUT2D eigenvalue weighted by Gasteiger charge is 2.25. The van der Waals surface area contributed by atoms with Crippen molar-refractivity contribution in [2.24, 2.45) is 4.99 Å². The van der Waals surface area contributed by atoms with Crippen LogP contribution >= 0.6 is 35.0 Å². The lowest BCUT2D eigenvalue weighted by Gasteiger charge is -1.99. The highest BCUT2D eigenvalue weighted by atomic mass is 35.5. The van der Waals surface area contributed by atoms with Gasteiger partial charge in [-0.3, -0.25) is 4.79 Å². The number of amides is 1. The van der Waals surface area contributed by atoms with Crippen molar-refractivity contribution in [2.75, 3.05) is 0 Å². The third-order valence-corrected chi connectivity index (χ3v) is 3.74. The predicted molar refractivity (Wildman–Crippen MR) is 68.8 cm³/mol. The number of carbonyl (C=O) groups is 1. The second-order valence-corrected chi connectivity index (χ2v) is 5.41. The number of rotatable bonds is 1.